The molecule has 0 radical (unpaired) electrons. The molecule has 1 amide bonds. The fourth-order valence-corrected chi connectivity index (χ4v) is 3.40. The van der Waals surface area contributed by atoms with Crippen LogP contribution in [-0.2, 0) is 16.0 Å². The highest BCUT2D eigenvalue weighted by Crippen LogP contribution is 2.24. The quantitative estimate of drug-likeness (QED) is 0.637. The number of hydrogen-bond acceptors (Lipinski definition) is 3. The number of amides is 1. The number of unbranched alkanes of at least 4 members (excludes halogenated alkanes) is 1. The molecular formula is C21H24BrFN2O2. The summed E-state index contributed by atoms with van der Waals surface area (Å²) >= 11 is 3.42. The molecule has 4 nitrogen and oxygen atoms in total. The molecule has 144 valence electrons. The minimum absolute atomic E-state index is 0.0793. The third kappa shape index (κ3) is 6.04. The predicted octanol–water partition coefficient (Wildman–Crippen LogP) is 4.78. The van der Waals surface area contributed by atoms with Crippen LogP contribution in [0.25, 0.3) is 0 Å². The van der Waals surface area contributed by atoms with Crippen LogP contribution in [-0.4, -0.2) is 32.2 Å². The summed E-state index contributed by atoms with van der Waals surface area (Å²) in [5.74, 6) is -0.394. The van der Waals surface area contributed by atoms with E-state index in [2.05, 4.69) is 33.4 Å². The Labute approximate surface area is 167 Å². The van der Waals surface area contributed by atoms with E-state index in [9.17, 15) is 9.18 Å². The van der Waals surface area contributed by atoms with Gasteiger partial charge < -0.3 is 15.0 Å². The summed E-state index contributed by atoms with van der Waals surface area (Å²) < 4.78 is 20.7. The van der Waals surface area contributed by atoms with Gasteiger partial charge in [0.2, 0.25) is 5.91 Å². The number of benzene rings is 2. The van der Waals surface area contributed by atoms with Crippen molar-refractivity contribution in [1.29, 1.82) is 0 Å². The monoisotopic (exact) mass is 434 g/mol. The highest BCUT2D eigenvalue weighted by molar-refractivity contribution is 9.10. The molecule has 0 aliphatic carbocycles. The van der Waals surface area contributed by atoms with Crippen LogP contribution in [0.15, 0.2) is 46.9 Å². The predicted molar refractivity (Wildman–Crippen MR) is 110 cm³/mol. The highest BCUT2D eigenvalue weighted by atomic mass is 79.9. The van der Waals surface area contributed by atoms with Crippen molar-refractivity contribution in [3.8, 4) is 0 Å². The van der Waals surface area contributed by atoms with Crippen LogP contribution in [0.2, 0.25) is 0 Å². The molecule has 0 saturated carbocycles. The smallest absolute Gasteiger partial charge is 0.224 e. The Bertz CT molecular complexity index is 761. The highest BCUT2D eigenvalue weighted by Gasteiger charge is 2.15. The Hall–Kier alpha value is -1.92. The molecule has 0 atom stereocenters. The zero-order valence-corrected chi connectivity index (χ0v) is 16.8. The first-order valence-corrected chi connectivity index (χ1v) is 10.1. The molecule has 1 N–H and O–H groups in total. The number of aryl methyl sites for hydroxylation is 1. The molecule has 3 rings (SSSR count). The average molecular weight is 435 g/mol. The number of carbonyl (C=O) groups is 1. The van der Waals surface area contributed by atoms with Gasteiger partial charge in [0.15, 0.2) is 0 Å². The second-order valence-corrected chi connectivity index (χ2v) is 7.56. The van der Waals surface area contributed by atoms with Crippen LogP contribution in [0.3, 0.4) is 0 Å². The first-order valence-electron chi connectivity index (χ1n) is 9.28. The number of carbonyl (C=O) groups excluding carboxylic acids is 1. The third-order valence-electron chi connectivity index (χ3n) is 4.62. The van der Waals surface area contributed by atoms with Gasteiger partial charge in [-0.1, -0.05) is 28.1 Å². The summed E-state index contributed by atoms with van der Waals surface area (Å²) in [6.07, 6.45) is 3.13. The standard InChI is InChI=1S/C21H24BrFN2O2/c22-17-7-5-16(6-8-17)3-1-2-4-21(26)24-18-9-10-20(19(23)15-18)25-11-13-27-14-12-25/h5-10,15H,1-4,11-14H2,(H,24,26). The lowest BCUT2D eigenvalue weighted by molar-refractivity contribution is -0.116. The van der Waals surface area contributed by atoms with E-state index >= 15 is 0 Å². The van der Waals surface area contributed by atoms with Crippen molar-refractivity contribution in [2.24, 2.45) is 0 Å². The largest absolute Gasteiger partial charge is 0.378 e. The van der Waals surface area contributed by atoms with Crippen molar-refractivity contribution in [2.75, 3.05) is 36.5 Å². The molecule has 0 bridgehead atoms. The lowest BCUT2D eigenvalue weighted by atomic mass is 10.1. The fraction of sp³-hybridized carbons (Fsp3) is 0.381. The molecule has 1 saturated heterocycles. The third-order valence-corrected chi connectivity index (χ3v) is 5.14. The van der Waals surface area contributed by atoms with E-state index in [4.69, 9.17) is 4.74 Å². The van der Waals surface area contributed by atoms with E-state index in [1.165, 1.54) is 11.6 Å². The van der Waals surface area contributed by atoms with E-state index < -0.39 is 0 Å². The molecule has 27 heavy (non-hydrogen) atoms. The van der Waals surface area contributed by atoms with Gasteiger partial charge in [0, 0.05) is 29.7 Å². The number of morpholine rings is 1. The van der Waals surface area contributed by atoms with Crippen LogP contribution in [0.1, 0.15) is 24.8 Å². The summed E-state index contributed by atoms with van der Waals surface area (Å²) in [6.45, 7) is 2.58. The van der Waals surface area contributed by atoms with Gasteiger partial charge in [-0.05, 0) is 55.2 Å². The summed E-state index contributed by atoms with van der Waals surface area (Å²) in [7, 11) is 0. The van der Waals surface area contributed by atoms with Gasteiger partial charge in [-0.3, -0.25) is 4.79 Å². The molecular weight excluding hydrogens is 411 g/mol. The van der Waals surface area contributed by atoms with E-state index in [1.54, 1.807) is 12.1 Å². The van der Waals surface area contributed by atoms with Crippen LogP contribution in [0, 0.1) is 5.82 Å². The van der Waals surface area contributed by atoms with Gasteiger partial charge in [0.1, 0.15) is 5.82 Å². The lowest BCUT2D eigenvalue weighted by Gasteiger charge is -2.29. The number of ether oxygens (including phenoxy) is 1. The Morgan fingerprint density at radius 1 is 1.11 bits per heavy atom. The topological polar surface area (TPSA) is 41.6 Å². The zero-order valence-electron chi connectivity index (χ0n) is 15.2. The van der Waals surface area contributed by atoms with Crippen LogP contribution < -0.4 is 10.2 Å². The van der Waals surface area contributed by atoms with Crippen molar-refractivity contribution in [3.63, 3.8) is 0 Å². The van der Waals surface area contributed by atoms with E-state index in [0.717, 1.165) is 23.7 Å². The Kier molecular flexibility index (Phi) is 7.24. The first-order chi connectivity index (χ1) is 13.1. The maximum Gasteiger partial charge on any atom is 0.224 e. The molecule has 1 aliphatic rings. The number of hydrogen-bond donors (Lipinski definition) is 1. The van der Waals surface area contributed by atoms with E-state index in [-0.39, 0.29) is 11.7 Å². The van der Waals surface area contributed by atoms with Crippen molar-refractivity contribution < 1.29 is 13.9 Å². The molecule has 1 heterocycles. The first kappa shape index (κ1) is 19.8. The SMILES string of the molecule is O=C(CCCCc1ccc(Br)cc1)Nc1ccc(N2CCOCC2)c(F)c1. The molecule has 0 spiro atoms. The number of anilines is 2. The van der Waals surface area contributed by atoms with Crippen molar-refractivity contribution >= 4 is 33.2 Å². The molecule has 1 fully saturated rings. The Morgan fingerprint density at radius 2 is 1.85 bits per heavy atom. The molecule has 0 aromatic heterocycles. The summed E-state index contributed by atoms with van der Waals surface area (Å²) in [4.78, 5) is 14.1. The molecule has 2 aromatic rings. The van der Waals surface area contributed by atoms with E-state index in [1.807, 2.05) is 17.0 Å². The minimum Gasteiger partial charge on any atom is -0.378 e. The second-order valence-electron chi connectivity index (χ2n) is 6.65. The van der Waals surface area contributed by atoms with Crippen LogP contribution >= 0.6 is 15.9 Å². The summed E-state index contributed by atoms with van der Waals surface area (Å²) in [5.41, 5.74) is 2.33. The van der Waals surface area contributed by atoms with Gasteiger partial charge in [-0.25, -0.2) is 4.39 Å². The van der Waals surface area contributed by atoms with Crippen molar-refractivity contribution in [1.82, 2.24) is 0 Å². The average Bonchev–Trinajstić information content (AvgIpc) is 2.67. The maximum absolute atomic E-state index is 14.4. The lowest BCUT2D eigenvalue weighted by Crippen LogP contribution is -2.36. The number of halogens is 2. The summed E-state index contributed by atoms with van der Waals surface area (Å²) in [6, 6.07) is 13.1. The Balaban J connectivity index is 1.43. The Morgan fingerprint density at radius 3 is 2.56 bits per heavy atom. The fourth-order valence-electron chi connectivity index (χ4n) is 3.13. The van der Waals surface area contributed by atoms with Gasteiger partial charge >= 0.3 is 0 Å². The number of nitrogens with zero attached hydrogens (tertiary/aromatic N) is 1. The van der Waals surface area contributed by atoms with Crippen LogP contribution in [0.4, 0.5) is 15.8 Å². The van der Waals surface area contributed by atoms with Crippen molar-refractivity contribution in [3.05, 3.63) is 58.3 Å². The van der Waals surface area contributed by atoms with Gasteiger partial charge in [-0.2, -0.15) is 0 Å². The molecule has 0 unspecified atom stereocenters. The van der Waals surface area contributed by atoms with Crippen molar-refractivity contribution in [2.45, 2.75) is 25.7 Å². The second kappa shape index (κ2) is 9.85. The minimum atomic E-state index is -0.315. The molecule has 1 aliphatic heterocycles. The zero-order chi connectivity index (χ0) is 19.1. The van der Waals surface area contributed by atoms with Gasteiger partial charge in [0.05, 0.1) is 18.9 Å². The summed E-state index contributed by atoms with van der Waals surface area (Å²) in [5, 5.41) is 2.79. The van der Waals surface area contributed by atoms with Gasteiger partial charge in [0.25, 0.3) is 0 Å². The van der Waals surface area contributed by atoms with Gasteiger partial charge in [-0.15, -0.1) is 0 Å². The number of nitrogens with one attached hydrogen (secondary N) is 1. The molecule has 6 heteroatoms. The van der Waals surface area contributed by atoms with Crippen LogP contribution in [0.5, 0.6) is 0 Å². The number of rotatable bonds is 7. The molecule has 2 aromatic carbocycles. The van der Waals surface area contributed by atoms with E-state index in [0.29, 0.717) is 44.1 Å². The maximum atomic E-state index is 14.4. The normalized spacial score (nSPS) is 14.2.